The normalized spacial score (nSPS) is 11.1. The number of rotatable bonds is 6. The molecule has 0 atom stereocenters. The van der Waals surface area contributed by atoms with E-state index in [2.05, 4.69) is 14.8 Å². The van der Waals surface area contributed by atoms with E-state index >= 15 is 0 Å². The van der Waals surface area contributed by atoms with Crippen LogP contribution in [0.5, 0.6) is 0 Å². The van der Waals surface area contributed by atoms with Crippen LogP contribution in [0, 0.1) is 18.6 Å². The Bertz CT molecular complexity index is 993. The fourth-order valence-corrected chi connectivity index (χ4v) is 3.13. The van der Waals surface area contributed by atoms with Crippen molar-refractivity contribution in [2.45, 2.75) is 11.8 Å². The molecule has 27 heavy (non-hydrogen) atoms. The molecule has 0 aliphatic heterocycles. The number of halogens is 2. The number of aryl methyl sites for hydroxylation is 1. The molecule has 10 heteroatoms. The Morgan fingerprint density at radius 2 is 1.81 bits per heavy atom. The number of esters is 1. The average molecular weight is 398 g/mol. The fourth-order valence-electron chi connectivity index (χ4n) is 2.14. The predicted molar refractivity (Wildman–Crippen MR) is 92.7 cm³/mol. The summed E-state index contributed by atoms with van der Waals surface area (Å²) in [6.07, 6.45) is 0. The molecule has 0 unspecified atom stereocenters. The van der Waals surface area contributed by atoms with Crippen molar-refractivity contribution >= 4 is 27.6 Å². The zero-order valence-electron chi connectivity index (χ0n) is 14.4. The molecule has 0 bridgehead atoms. The molecule has 0 spiro atoms. The standard InChI is InChI=1S/C17H16F2N2O5S/c1-10-3-5-12(8-15(10)27(24,25)20-2)21-16(22)9-26-17(23)13-6-4-11(18)7-14(13)19/h3-8,20H,9H2,1-2H3,(H,21,22). The van der Waals surface area contributed by atoms with Crippen LogP contribution >= 0.6 is 0 Å². The van der Waals surface area contributed by atoms with Crippen LogP contribution in [-0.2, 0) is 19.6 Å². The number of ether oxygens (including phenoxy) is 1. The Kier molecular flexibility index (Phi) is 6.24. The van der Waals surface area contributed by atoms with Gasteiger partial charge in [0.05, 0.1) is 10.5 Å². The number of benzene rings is 2. The third kappa shape index (κ3) is 5.08. The quantitative estimate of drug-likeness (QED) is 0.725. The molecule has 2 aromatic carbocycles. The number of amides is 1. The highest BCUT2D eigenvalue weighted by molar-refractivity contribution is 7.89. The van der Waals surface area contributed by atoms with E-state index in [0.29, 0.717) is 11.6 Å². The molecular formula is C17H16F2N2O5S. The van der Waals surface area contributed by atoms with E-state index in [1.165, 1.54) is 25.2 Å². The molecule has 0 heterocycles. The average Bonchev–Trinajstić information content (AvgIpc) is 2.61. The van der Waals surface area contributed by atoms with Crippen LogP contribution in [0.4, 0.5) is 14.5 Å². The van der Waals surface area contributed by atoms with Gasteiger partial charge in [0.25, 0.3) is 5.91 Å². The maximum absolute atomic E-state index is 13.5. The molecule has 7 nitrogen and oxygen atoms in total. The van der Waals surface area contributed by atoms with Gasteiger partial charge in [-0.1, -0.05) is 6.07 Å². The number of nitrogens with one attached hydrogen (secondary N) is 2. The van der Waals surface area contributed by atoms with Gasteiger partial charge < -0.3 is 10.1 Å². The van der Waals surface area contributed by atoms with Gasteiger partial charge in [-0.05, 0) is 43.8 Å². The molecule has 0 aliphatic carbocycles. The number of sulfonamides is 1. The summed E-state index contributed by atoms with van der Waals surface area (Å²) >= 11 is 0. The van der Waals surface area contributed by atoms with E-state index in [-0.39, 0.29) is 10.6 Å². The van der Waals surface area contributed by atoms with Crippen molar-refractivity contribution in [1.82, 2.24) is 4.72 Å². The maximum atomic E-state index is 13.5. The smallest absolute Gasteiger partial charge is 0.341 e. The Labute approximate surface area is 154 Å². The number of hydrogen-bond donors (Lipinski definition) is 2. The highest BCUT2D eigenvalue weighted by atomic mass is 32.2. The summed E-state index contributed by atoms with van der Waals surface area (Å²) < 4.78 is 57.0. The third-order valence-corrected chi connectivity index (χ3v) is 5.07. The van der Waals surface area contributed by atoms with Crippen molar-refractivity contribution in [3.05, 3.63) is 59.2 Å². The molecular weight excluding hydrogens is 382 g/mol. The van der Waals surface area contributed by atoms with Gasteiger partial charge in [0.2, 0.25) is 10.0 Å². The summed E-state index contributed by atoms with van der Waals surface area (Å²) in [6, 6.07) is 6.53. The van der Waals surface area contributed by atoms with Gasteiger partial charge in [-0.3, -0.25) is 4.79 Å². The van der Waals surface area contributed by atoms with Crippen molar-refractivity contribution in [3.8, 4) is 0 Å². The van der Waals surface area contributed by atoms with E-state index in [1.54, 1.807) is 6.92 Å². The monoisotopic (exact) mass is 398 g/mol. The first-order chi connectivity index (χ1) is 12.6. The van der Waals surface area contributed by atoms with Crippen molar-refractivity contribution in [2.24, 2.45) is 0 Å². The van der Waals surface area contributed by atoms with Crippen molar-refractivity contribution in [3.63, 3.8) is 0 Å². The number of carbonyl (C=O) groups is 2. The minimum Gasteiger partial charge on any atom is -0.452 e. The first kappa shape index (κ1) is 20.5. The number of carbonyl (C=O) groups excluding carboxylic acids is 2. The zero-order valence-corrected chi connectivity index (χ0v) is 15.2. The largest absolute Gasteiger partial charge is 0.452 e. The Morgan fingerprint density at radius 1 is 1.11 bits per heavy atom. The van der Waals surface area contributed by atoms with Crippen LogP contribution in [0.15, 0.2) is 41.3 Å². The topological polar surface area (TPSA) is 102 Å². The van der Waals surface area contributed by atoms with Gasteiger partial charge in [-0.15, -0.1) is 0 Å². The fraction of sp³-hybridized carbons (Fsp3) is 0.176. The number of anilines is 1. The highest BCUT2D eigenvalue weighted by Crippen LogP contribution is 2.20. The van der Waals surface area contributed by atoms with Crippen LogP contribution in [-0.4, -0.2) is 33.9 Å². The Morgan fingerprint density at radius 3 is 2.44 bits per heavy atom. The molecule has 144 valence electrons. The molecule has 1 amide bonds. The summed E-state index contributed by atoms with van der Waals surface area (Å²) in [5.41, 5.74) is 0.130. The third-order valence-electron chi connectivity index (χ3n) is 3.52. The molecule has 2 rings (SSSR count). The summed E-state index contributed by atoms with van der Waals surface area (Å²) in [5, 5.41) is 2.37. The summed E-state index contributed by atoms with van der Waals surface area (Å²) in [6.45, 7) is 0.854. The molecule has 2 N–H and O–H groups in total. The first-order valence-corrected chi connectivity index (χ1v) is 9.08. The lowest BCUT2D eigenvalue weighted by Crippen LogP contribution is -2.22. The molecule has 2 aromatic rings. The van der Waals surface area contributed by atoms with Crippen LogP contribution in [0.1, 0.15) is 15.9 Å². The van der Waals surface area contributed by atoms with E-state index < -0.39 is 45.7 Å². The molecule has 0 aromatic heterocycles. The van der Waals surface area contributed by atoms with Crippen LogP contribution in [0.2, 0.25) is 0 Å². The predicted octanol–water partition coefficient (Wildman–Crippen LogP) is 1.98. The lowest BCUT2D eigenvalue weighted by molar-refractivity contribution is -0.119. The SMILES string of the molecule is CNS(=O)(=O)c1cc(NC(=O)COC(=O)c2ccc(F)cc2F)ccc1C. The molecule has 0 radical (unpaired) electrons. The maximum Gasteiger partial charge on any atom is 0.341 e. The second-order valence-corrected chi connectivity index (χ2v) is 7.29. The van der Waals surface area contributed by atoms with E-state index in [0.717, 1.165) is 12.1 Å². The lowest BCUT2D eigenvalue weighted by Gasteiger charge is -2.11. The first-order valence-electron chi connectivity index (χ1n) is 7.60. The zero-order chi connectivity index (χ0) is 20.2. The minimum atomic E-state index is -3.72. The number of hydrogen-bond acceptors (Lipinski definition) is 5. The highest BCUT2D eigenvalue weighted by Gasteiger charge is 2.18. The van der Waals surface area contributed by atoms with E-state index in [4.69, 9.17) is 0 Å². The van der Waals surface area contributed by atoms with Crippen LogP contribution in [0.25, 0.3) is 0 Å². The van der Waals surface area contributed by atoms with Gasteiger partial charge >= 0.3 is 5.97 Å². The van der Waals surface area contributed by atoms with Gasteiger partial charge in [0, 0.05) is 11.8 Å². The summed E-state index contributed by atoms with van der Waals surface area (Å²) in [4.78, 5) is 23.6. The van der Waals surface area contributed by atoms with E-state index in [1.807, 2.05) is 0 Å². The molecule has 0 aliphatic rings. The molecule has 0 saturated heterocycles. The summed E-state index contributed by atoms with van der Waals surface area (Å²) in [7, 11) is -2.46. The van der Waals surface area contributed by atoms with Crippen LogP contribution < -0.4 is 10.0 Å². The van der Waals surface area contributed by atoms with E-state index in [9.17, 15) is 26.8 Å². The lowest BCUT2D eigenvalue weighted by atomic mass is 10.2. The Balaban J connectivity index is 2.04. The Hall–Kier alpha value is -2.85. The molecule has 0 fully saturated rings. The van der Waals surface area contributed by atoms with Gasteiger partial charge in [0.1, 0.15) is 11.6 Å². The van der Waals surface area contributed by atoms with Gasteiger partial charge in [0.15, 0.2) is 6.61 Å². The van der Waals surface area contributed by atoms with Gasteiger partial charge in [-0.2, -0.15) is 0 Å². The van der Waals surface area contributed by atoms with Gasteiger partial charge in [-0.25, -0.2) is 26.7 Å². The summed E-state index contributed by atoms with van der Waals surface area (Å²) in [5.74, 6) is -3.86. The minimum absolute atomic E-state index is 0.0202. The van der Waals surface area contributed by atoms with Crippen molar-refractivity contribution in [1.29, 1.82) is 0 Å². The second kappa shape index (κ2) is 8.23. The van der Waals surface area contributed by atoms with Crippen LogP contribution in [0.3, 0.4) is 0 Å². The van der Waals surface area contributed by atoms with Crippen molar-refractivity contribution < 1.29 is 31.5 Å². The van der Waals surface area contributed by atoms with Crippen molar-refractivity contribution in [2.75, 3.05) is 19.0 Å². The molecule has 0 saturated carbocycles. The second-order valence-electron chi connectivity index (χ2n) is 5.44.